The summed E-state index contributed by atoms with van der Waals surface area (Å²) >= 11 is 6.58. The first-order valence-corrected chi connectivity index (χ1v) is 15.4. The van der Waals surface area contributed by atoms with Crippen molar-refractivity contribution in [3.63, 3.8) is 0 Å². The van der Waals surface area contributed by atoms with Crippen molar-refractivity contribution in [1.29, 1.82) is 0 Å². The minimum atomic E-state index is -3.64. The molecule has 2 fully saturated rings. The molecule has 12 heteroatoms. The van der Waals surface area contributed by atoms with Gasteiger partial charge in [-0.1, -0.05) is 35.4 Å². The lowest BCUT2D eigenvalue weighted by atomic mass is 10.1. The lowest BCUT2D eigenvalue weighted by molar-refractivity contribution is -0.384. The summed E-state index contributed by atoms with van der Waals surface area (Å²) in [5.41, 5.74) is 2.59. The predicted octanol–water partition coefficient (Wildman–Crippen LogP) is 5.31. The standard InChI is InChI=1S/C29H32ClN5O5S/c1-21-8-11-23(12-9-21)41(39,40)34-18-16-33(17-19-34)28-24(30)6-5-7-25(28)31-29(36)22-10-13-26(27(20-22)35(37)38)32-14-3-2-4-15-32/h5-13,20H,2-4,14-19H2,1H3,(H,31,36). The molecule has 0 aliphatic carbocycles. The Morgan fingerprint density at radius 2 is 1.59 bits per heavy atom. The minimum Gasteiger partial charge on any atom is -0.366 e. The average Bonchev–Trinajstić information content (AvgIpc) is 2.97. The molecule has 1 amide bonds. The second-order valence-electron chi connectivity index (χ2n) is 10.3. The maximum absolute atomic E-state index is 13.3. The number of nitro benzene ring substituents is 1. The predicted molar refractivity (Wildman–Crippen MR) is 161 cm³/mol. The number of hydrogen-bond donors (Lipinski definition) is 1. The van der Waals surface area contributed by atoms with Gasteiger partial charge in [0.2, 0.25) is 10.0 Å². The number of para-hydroxylation sites is 1. The second-order valence-corrected chi connectivity index (χ2v) is 12.6. The summed E-state index contributed by atoms with van der Waals surface area (Å²) in [4.78, 5) is 28.9. The molecule has 0 spiro atoms. The van der Waals surface area contributed by atoms with Crippen LogP contribution in [-0.2, 0) is 10.0 Å². The molecule has 41 heavy (non-hydrogen) atoms. The second kappa shape index (κ2) is 12.1. The largest absolute Gasteiger partial charge is 0.366 e. The number of aryl methyl sites for hydroxylation is 1. The first-order chi connectivity index (χ1) is 19.6. The number of carbonyl (C=O) groups excluding carboxylic acids is 1. The van der Waals surface area contributed by atoms with Gasteiger partial charge in [0.05, 0.1) is 26.2 Å². The van der Waals surface area contributed by atoms with Crippen LogP contribution in [0.4, 0.5) is 22.7 Å². The van der Waals surface area contributed by atoms with Crippen molar-refractivity contribution in [2.75, 3.05) is 54.4 Å². The van der Waals surface area contributed by atoms with E-state index in [-0.39, 0.29) is 29.2 Å². The smallest absolute Gasteiger partial charge is 0.293 e. The minimum absolute atomic E-state index is 0.100. The lowest BCUT2D eigenvalue weighted by Gasteiger charge is -2.36. The number of nitro groups is 1. The fourth-order valence-electron chi connectivity index (χ4n) is 5.36. The van der Waals surface area contributed by atoms with E-state index in [1.54, 1.807) is 54.6 Å². The Morgan fingerprint density at radius 3 is 2.24 bits per heavy atom. The molecule has 1 N–H and O–H groups in total. The van der Waals surface area contributed by atoms with E-state index >= 15 is 0 Å². The molecule has 0 atom stereocenters. The van der Waals surface area contributed by atoms with E-state index in [1.165, 1.54) is 10.4 Å². The van der Waals surface area contributed by atoms with E-state index in [2.05, 4.69) is 5.32 Å². The van der Waals surface area contributed by atoms with Gasteiger partial charge in [-0.3, -0.25) is 14.9 Å². The van der Waals surface area contributed by atoms with Gasteiger partial charge in [-0.15, -0.1) is 0 Å². The molecule has 3 aromatic carbocycles. The SMILES string of the molecule is Cc1ccc(S(=O)(=O)N2CCN(c3c(Cl)cccc3NC(=O)c3ccc(N4CCCCC4)c([N+](=O)[O-])c3)CC2)cc1. The number of sulfonamides is 1. The fourth-order valence-corrected chi connectivity index (χ4v) is 7.07. The zero-order valence-electron chi connectivity index (χ0n) is 22.8. The van der Waals surface area contributed by atoms with Crippen LogP contribution in [0.1, 0.15) is 35.2 Å². The summed E-state index contributed by atoms with van der Waals surface area (Å²) in [6.45, 7) is 4.64. The molecular weight excluding hydrogens is 566 g/mol. The number of anilines is 3. The topological polar surface area (TPSA) is 116 Å². The Morgan fingerprint density at radius 1 is 0.902 bits per heavy atom. The third kappa shape index (κ3) is 6.17. The molecule has 0 saturated carbocycles. The molecule has 0 bridgehead atoms. The first-order valence-electron chi connectivity index (χ1n) is 13.6. The lowest BCUT2D eigenvalue weighted by Crippen LogP contribution is -2.49. The summed E-state index contributed by atoms with van der Waals surface area (Å²) in [6, 6.07) is 16.5. The molecule has 216 valence electrons. The average molecular weight is 598 g/mol. The Bertz CT molecular complexity index is 1550. The van der Waals surface area contributed by atoms with Crippen LogP contribution in [0.25, 0.3) is 0 Å². The van der Waals surface area contributed by atoms with Crippen LogP contribution < -0.4 is 15.1 Å². The molecule has 0 radical (unpaired) electrons. The van der Waals surface area contributed by atoms with Gasteiger partial charge in [0.1, 0.15) is 5.69 Å². The van der Waals surface area contributed by atoms with Crippen molar-refractivity contribution in [1.82, 2.24) is 4.31 Å². The van der Waals surface area contributed by atoms with Crippen molar-refractivity contribution < 1.29 is 18.1 Å². The first kappa shape index (κ1) is 28.8. The molecule has 2 aliphatic heterocycles. The summed E-state index contributed by atoms with van der Waals surface area (Å²) in [5.74, 6) is -0.498. The van der Waals surface area contributed by atoms with E-state index in [4.69, 9.17) is 11.6 Å². The normalized spacial score (nSPS) is 16.4. The molecule has 2 saturated heterocycles. The number of benzene rings is 3. The van der Waals surface area contributed by atoms with E-state index in [0.717, 1.165) is 37.9 Å². The van der Waals surface area contributed by atoms with Gasteiger partial charge in [-0.05, 0) is 62.6 Å². The van der Waals surface area contributed by atoms with Gasteiger partial charge >= 0.3 is 0 Å². The Labute approximate surface area is 244 Å². The van der Waals surface area contributed by atoms with Gasteiger partial charge in [0, 0.05) is 50.9 Å². The zero-order chi connectivity index (χ0) is 29.1. The molecular formula is C29H32ClN5O5S. The van der Waals surface area contributed by atoms with Gasteiger partial charge in [-0.2, -0.15) is 4.31 Å². The van der Waals surface area contributed by atoms with E-state index in [0.29, 0.717) is 35.2 Å². The third-order valence-electron chi connectivity index (χ3n) is 7.58. The number of piperazine rings is 1. The highest BCUT2D eigenvalue weighted by atomic mass is 35.5. The van der Waals surface area contributed by atoms with Crippen LogP contribution in [-0.4, -0.2) is 62.8 Å². The van der Waals surface area contributed by atoms with Crippen LogP contribution in [0.5, 0.6) is 0 Å². The van der Waals surface area contributed by atoms with Gasteiger partial charge in [0.25, 0.3) is 11.6 Å². The van der Waals surface area contributed by atoms with Crippen LogP contribution in [0.15, 0.2) is 65.6 Å². The molecule has 0 aromatic heterocycles. The quantitative estimate of drug-likeness (QED) is 0.290. The maximum atomic E-state index is 13.3. The summed E-state index contributed by atoms with van der Waals surface area (Å²) in [7, 11) is -3.64. The van der Waals surface area contributed by atoms with Crippen molar-refractivity contribution in [2.45, 2.75) is 31.1 Å². The van der Waals surface area contributed by atoms with E-state index in [9.17, 15) is 23.3 Å². The molecule has 3 aromatic rings. The molecule has 2 aliphatic rings. The van der Waals surface area contributed by atoms with Crippen LogP contribution in [0.3, 0.4) is 0 Å². The monoisotopic (exact) mass is 597 g/mol. The number of carbonyl (C=O) groups is 1. The van der Waals surface area contributed by atoms with Crippen LogP contribution in [0.2, 0.25) is 5.02 Å². The Kier molecular flexibility index (Phi) is 8.48. The van der Waals surface area contributed by atoms with E-state index < -0.39 is 20.9 Å². The van der Waals surface area contributed by atoms with Crippen molar-refractivity contribution in [3.8, 4) is 0 Å². The summed E-state index contributed by atoms with van der Waals surface area (Å²) in [5, 5.41) is 15.2. The number of hydrogen-bond acceptors (Lipinski definition) is 7. The molecule has 0 unspecified atom stereocenters. The molecule has 10 nitrogen and oxygen atoms in total. The van der Waals surface area contributed by atoms with Crippen molar-refractivity contribution in [3.05, 3.63) is 86.9 Å². The van der Waals surface area contributed by atoms with Crippen molar-refractivity contribution >= 4 is 50.3 Å². The number of piperidine rings is 1. The molecule has 5 rings (SSSR count). The fraction of sp³-hybridized carbons (Fsp3) is 0.345. The number of nitrogens with one attached hydrogen (secondary N) is 1. The Balaban J connectivity index is 1.33. The van der Waals surface area contributed by atoms with Crippen molar-refractivity contribution in [2.24, 2.45) is 0 Å². The van der Waals surface area contributed by atoms with Crippen LogP contribution >= 0.6 is 11.6 Å². The highest BCUT2D eigenvalue weighted by molar-refractivity contribution is 7.89. The van der Waals surface area contributed by atoms with Gasteiger partial charge in [-0.25, -0.2) is 8.42 Å². The third-order valence-corrected chi connectivity index (χ3v) is 9.80. The zero-order valence-corrected chi connectivity index (χ0v) is 24.3. The van der Waals surface area contributed by atoms with Gasteiger partial charge in [0.15, 0.2) is 0 Å². The number of rotatable bonds is 7. The van der Waals surface area contributed by atoms with Crippen LogP contribution in [0, 0.1) is 17.0 Å². The highest BCUT2D eigenvalue weighted by Gasteiger charge is 2.30. The van der Waals surface area contributed by atoms with E-state index in [1.807, 2.05) is 16.7 Å². The summed E-state index contributed by atoms with van der Waals surface area (Å²) in [6.07, 6.45) is 3.05. The Hall–Kier alpha value is -3.67. The van der Waals surface area contributed by atoms with Gasteiger partial charge < -0.3 is 15.1 Å². The maximum Gasteiger partial charge on any atom is 0.293 e. The number of halogens is 1. The number of nitrogens with zero attached hydrogens (tertiary/aromatic N) is 4. The summed E-state index contributed by atoms with van der Waals surface area (Å²) < 4.78 is 27.8. The number of amides is 1. The highest BCUT2D eigenvalue weighted by Crippen LogP contribution is 2.36. The molecule has 2 heterocycles.